The van der Waals surface area contributed by atoms with E-state index in [9.17, 15) is 14.7 Å². The molecule has 0 amide bonds. The molecule has 0 aliphatic rings. The maximum atomic E-state index is 12.5. The van der Waals surface area contributed by atoms with Crippen molar-refractivity contribution in [2.24, 2.45) is 0 Å². The van der Waals surface area contributed by atoms with Crippen LogP contribution in [0, 0.1) is 0 Å². The van der Waals surface area contributed by atoms with E-state index < -0.39 is 17.5 Å². The Morgan fingerprint density at radius 1 is 1.03 bits per heavy atom. The number of carbonyl (C=O) groups is 1. The van der Waals surface area contributed by atoms with Gasteiger partial charge in [0.15, 0.2) is 5.43 Å². The monoisotopic (exact) mass is 426 g/mol. The molecule has 7 heteroatoms. The lowest BCUT2D eigenvalue weighted by Crippen LogP contribution is -2.25. The highest BCUT2D eigenvalue weighted by molar-refractivity contribution is 5.90. The Kier molecular flexibility index (Phi) is 7.67. The van der Waals surface area contributed by atoms with E-state index in [1.165, 1.54) is 0 Å². The smallest absolute Gasteiger partial charge is 0.374 e. The molecule has 1 atom stereocenters. The van der Waals surface area contributed by atoms with Crippen LogP contribution in [0.1, 0.15) is 36.4 Å². The van der Waals surface area contributed by atoms with Crippen molar-refractivity contribution >= 4 is 16.9 Å². The average Bonchev–Trinajstić information content (AvgIpc) is 2.77. The third-order valence-corrected chi connectivity index (χ3v) is 4.55. The minimum absolute atomic E-state index is 0.0487. The number of ether oxygens (including phenoxy) is 3. The summed E-state index contributed by atoms with van der Waals surface area (Å²) in [6, 6.07) is 13.6. The van der Waals surface area contributed by atoms with E-state index in [0.717, 1.165) is 30.2 Å². The molecule has 0 saturated heterocycles. The predicted molar refractivity (Wildman–Crippen MR) is 116 cm³/mol. The molecule has 0 radical (unpaired) electrons. The van der Waals surface area contributed by atoms with Gasteiger partial charge in [-0.2, -0.15) is 0 Å². The Labute approximate surface area is 180 Å². The fourth-order valence-electron chi connectivity index (χ4n) is 3.14. The minimum Gasteiger partial charge on any atom is -0.490 e. The van der Waals surface area contributed by atoms with Crippen LogP contribution in [0.5, 0.6) is 11.5 Å². The van der Waals surface area contributed by atoms with E-state index in [0.29, 0.717) is 0 Å². The molecule has 0 spiro atoms. The van der Waals surface area contributed by atoms with Crippen LogP contribution in [-0.4, -0.2) is 37.0 Å². The lowest BCUT2D eigenvalue weighted by molar-refractivity contribution is 0.0490. The zero-order valence-corrected chi connectivity index (χ0v) is 17.6. The number of para-hydroxylation sites is 1. The molecule has 1 aromatic heterocycles. The van der Waals surface area contributed by atoms with E-state index in [2.05, 4.69) is 6.92 Å². The highest BCUT2D eigenvalue weighted by atomic mass is 16.5. The number of hydrogen-bond donors (Lipinski definition) is 1. The molecule has 1 unspecified atom stereocenters. The topological polar surface area (TPSA) is 95.2 Å². The Morgan fingerprint density at radius 3 is 2.48 bits per heavy atom. The molecular weight excluding hydrogens is 400 g/mol. The Bertz CT molecular complexity index is 1090. The van der Waals surface area contributed by atoms with Crippen molar-refractivity contribution in [3.63, 3.8) is 0 Å². The van der Waals surface area contributed by atoms with Gasteiger partial charge in [0.2, 0.25) is 5.76 Å². The van der Waals surface area contributed by atoms with Gasteiger partial charge in [-0.05, 0) is 37.1 Å². The number of carbonyl (C=O) groups excluding carboxylic acids is 1. The van der Waals surface area contributed by atoms with Crippen molar-refractivity contribution in [3.05, 3.63) is 70.1 Å². The van der Waals surface area contributed by atoms with E-state index in [1.54, 1.807) is 25.1 Å². The summed E-state index contributed by atoms with van der Waals surface area (Å²) in [5, 5.41) is 10.5. The molecule has 164 valence electrons. The van der Waals surface area contributed by atoms with Crippen LogP contribution in [-0.2, 0) is 11.2 Å². The molecule has 0 saturated carbocycles. The summed E-state index contributed by atoms with van der Waals surface area (Å²) in [6.45, 7) is 3.91. The van der Waals surface area contributed by atoms with Gasteiger partial charge in [0.05, 0.1) is 6.61 Å². The van der Waals surface area contributed by atoms with E-state index >= 15 is 0 Å². The summed E-state index contributed by atoms with van der Waals surface area (Å²) in [6.07, 6.45) is 0.978. The molecule has 1 heterocycles. The van der Waals surface area contributed by atoms with Gasteiger partial charge in [-0.3, -0.25) is 4.79 Å². The number of aliphatic hydroxyl groups is 1. The van der Waals surface area contributed by atoms with Gasteiger partial charge in [0.25, 0.3) is 0 Å². The highest BCUT2D eigenvalue weighted by Gasteiger charge is 2.17. The second kappa shape index (κ2) is 10.6. The predicted octanol–water partition coefficient (Wildman–Crippen LogP) is 3.74. The fourth-order valence-corrected chi connectivity index (χ4v) is 3.14. The second-order valence-electron chi connectivity index (χ2n) is 6.96. The van der Waals surface area contributed by atoms with Gasteiger partial charge in [0, 0.05) is 6.07 Å². The number of aliphatic hydroxyl groups excluding tert-OH is 1. The fraction of sp³-hybridized carbons (Fsp3) is 0.333. The number of aryl methyl sites for hydroxylation is 1. The largest absolute Gasteiger partial charge is 0.490 e. The SMILES string of the molecule is CCCc1ccccc1OCC(O)COc1cccc2oc(C(=O)OCC)cc(=O)c12. The number of hydrogen-bond acceptors (Lipinski definition) is 7. The van der Waals surface area contributed by atoms with E-state index in [4.69, 9.17) is 18.6 Å². The van der Waals surface area contributed by atoms with Gasteiger partial charge in [0.1, 0.15) is 41.8 Å². The number of rotatable bonds is 10. The van der Waals surface area contributed by atoms with Crippen molar-refractivity contribution < 1.29 is 28.5 Å². The summed E-state index contributed by atoms with van der Waals surface area (Å²) in [5.41, 5.74) is 0.855. The van der Waals surface area contributed by atoms with E-state index in [1.807, 2.05) is 24.3 Å². The van der Waals surface area contributed by atoms with Gasteiger partial charge in [-0.1, -0.05) is 37.6 Å². The quantitative estimate of drug-likeness (QED) is 0.494. The van der Waals surface area contributed by atoms with Gasteiger partial charge in [-0.15, -0.1) is 0 Å². The Morgan fingerprint density at radius 2 is 1.74 bits per heavy atom. The van der Waals surface area contributed by atoms with Crippen molar-refractivity contribution in [1.82, 2.24) is 0 Å². The molecule has 3 aromatic rings. The first-order valence-electron chi connectivity index (χ1n) is 10.3. The lowest BCUT2D eigenvalue weighted by Gasteiger charge is -2.16. The summed E-state index contributed by atoms with van der Waals surface area (Å²) < 4.78 is 21.8. The molecule has 3 rings (SSSR count). The summed E-state index contributed by atoms with van der Waals surface area (Å²) >= 11 is 0. The molecule has 1 N–H and O–H groups in total. The molecule has 0 aliphatic heterocycles. The summed E-state index contributed by atoms with van der Waals surface area (Å²) in [4.78, 5) is 24.4. The molecule has 0 aliphatic carbocycles. The standard InChI is InChI=1S/C24H26O7/c1-3-8-16-9-5-6-10-19(16)29-14-17(25)15-30-20-11-7-12-21-23(20)18(26)13-22(31-21)24(27)28-4-2/h5-7,9-13,17,25H,3-4,8,14-15H2,1-2H3. The summed E-state index contributed by atoms with van der Waals surface area (Å²) in [7, 11) is 0. The zero-order valence-electron chi connectivity index (χ0n) is 17.6. The normalized spacial score (nSPS) is 11.8. The molecule has 2 aromatic carbocycles. The maximum Gasteiger partial charge on any atom is 0.374 e. The Balaban J connectivity index is 1.68. The lowest BCUT2D eigenvalue weighted by atomic mass is 10.1. The zero-order chi connectivity index (χ0) is 22.2. The van der Waals surface area contributed by atoms with Crippen LogP contribution < -0.4 is 14.9 Å². The first-order valence-corrected chi connectivity index (χ1v) is 10.3. The molecule has 7 nitrogen and oxygen atoms in total. The van der Waals surface area contributed by atoms with Crippen molar-refractivity contribution in [2.45, 2.75) is 32.8 Å². The molecule has 0 fully saturated rings. The van der Waals surface area contributed by atoms with E-state index in [-0.39, 0.29) is 42.3 Å². The summed E-state index contributed by atoms with van der Waals surface area (Å²) in [5.74, 6) is 0.118. The minimum atomic E-state index is -0.907. The van der Waals surface area contributed by atoms with Crippen LogP contribution >= 0.6 is 0 Å². The van der Waals surface area contributed by atoms with Gasteiger partial charge in [-0.25, -0.2) is 4.79 Å². The van der Waals surface area contributed by atoms with Gasteiger partial charge >= 0.3 is 5.97 Å². The molecule has 31 heavy (non-hydrogen) atoms. The molecule has 0 bridgehead atoms. The Hall–Kier alpha value is -3.32. The van der Waals surface area contributed by atoms with Crippen molar-refractivity contribution in [2.75, 3.05) is 19.8 Å². The third-order valence-electron chi connectivity index (χ3n) is 4.55. The van der Waals surface area contributed by atoms with Crippen LogP contribution in [0.2, 0.25) is 0 Å². The third kappa shape index (κ3) is 5.64. The van der Waals surface area contributed by atoms with Crippen molar-refractivity contribution in [3.8, 4) is 11.5 Å². The van der Waals surface area contributed by atoms with Crippen LogP contribution in [0.15, 0.2) is 57.7 Å². The first kappa shape index (κ1) is 22.4. The first-order chi connectivity index (χ1) is 15.0. The average molecular weight is 426 g/mol. The van der Waals surface area contributed by atoms with Gasteiger partial charge < -0.3 is 23.7 Å². The van der Waals surface area contributed by atoms with Crippen molar-refractivity contribution in [1.29, 1.82) is 0 Å². The number of benzene rings is 2. The second-order valence-corrected chi connectivity index (χ2v) is 6.96. The number of esters is 1. The van der Waals surface area contributed by atoms with Crippen LogP contribution in [0.25, 0.3) is 11.0 Å². The highest BCUT2D eigenvalue weighted by Crippen LogP contribution is 2.24. The number of fused-ring (bicyclic) bond motifs is 1. The molecular formula is C24H26O7. The van der Waals surface area contributed by atoms with Crippen LogP contribution in [0.3, 0.4) is 0 Å². The van der Waals surface area contributed by atoms with Crippen LogP contribution in [0.4, 0.5) is 0 Å². The maximum absolute atomic E-state index is 12.5.